The van der Waals surface area contributed by atoms with Gasteiger partial charge in [0.05, 0.1) is 0 Å². The lowest BCUT2D eigenvalue weighted by atomic mass is 10.0. The van der Waals surface area contributed by atoms with Crippen molar-refractivity contribution in [2.45, 2.75) is 46.2 Å². The third-order valence-corrected chi connectivity index (χ3v) is 3.39. The predicted octanol–water partition coefficient (Wildman–Crippen LogP) is 0.477. The molecule has 1 aliphatic heterocycles. The lowest BCUT2D eigenvalue weighted by Crippen LogP contribution is -2.50. The predicted molar refractivity (Wildman–Crippen MR) is 66.8 cm³/mol. The van der Waals surface area contributed by atoms with Crippen molar-refractivity contribution in [3.05, 3.63) is 0 Å². The van der Waals surface area contributed by atoms with E-state index in [0.29, 0.717) is 5.92 Å². The normalized spacial score (nSPS) is 20.0. The SMILES string of the molecule is CC(C)C(C)NC(=O)CN1C(=O)NC(=O)C1(C)C. The number of imide groups is 1. The highest BCUT2D eigenvalue weighted by Gasteiger charge is 2.46. The minimum absolute atomic E-state index is 0.0296. The van der Waals surface area contributed by atoms with Gasteiger partial charge in [-0.1, -0.05) is 13.8 Å². The molecule has 2 N–H and O–H groups in total. The Balaban J connectivity index is 2.65. The maximum absolute atomic E-state index is 11.8. The molecule has 6 nitrogen and oxygen atoms in total. The molecule has 1 fully saturated rings. The van der Waals surface area contributed by atoms with Crippen LogP contribution in [0.4, 0.5) is 4.79 Å². The average Bonchev–Trinajstić information content (AvgIpc) is 2.41. The summed E-state index contributed by atoms with van der Waals surface area (Å²) in [6, 6.07) is -0.487. The largest absolute Gasteiger partial charge is 0.352 e. The minimum Gasteiger partial charge on any atom is -0.352 e. The van der Waals surface area contributed by atoms with Crippen molar-refractivity contribution in [2.75, 3.05) is 6.54 Å². The molecule has 1 rings (SSSR count). The van der Waals surface area contributed by atoms with E-state index in [4.69, 9.17) is 0 Å². The molecule has 1 unspecified atom stereocenters. The van der Waals surface area contributed by atoms with E-state index in [2.05, 4.69) is 10.6 Å². The van der Waals surface area contributed by atoms with E-state index >= 15 is 0 Å². The molecule has 0 aromatic rings. The van der Waals surface area contributed by atoms with Crippen molar-refractivity contribution in [2.24, 2.45) is 5.92 Å². The lowest BCUT2D eigenvalue weighted by molar-refractivity contribution is -0.127. The first kappa shape index (κ1) is 14.5. The monoisotopic (exact) mass is 255 g/mol. The number of rotatable bonds is 4. The average molecular weight is 255 g/mol. The van der Waals surface area contributed by atoms with Crippen LogP contribution in [0.1, 0.15) is 34.6 Å². The maximum atomic E-state index is 11.8. The summed E-state index contributed by atoms with van der Waals surface area (Å²) in [5.41, 5.74) is -0.977. The van der Waals surface area contributed by atoms with Crippen molar-refractivity contribution >= 4 is 17.8 Å². The third kappa shape index (κ3) is 2.80. The van der Waals surface area contributed by atoms with Crippen LogP contribution in [0.2, 0.25) is 0 Å². The van der Waals surface area contributed by atoms with Gasteiger partial charge in [0.2, 0.25) is 5.91 Å². The van der Waals surface area contributed by atoms with Crippen LogP contribution >= 0.6 is 0 Å². The molecule has 0 radical (unpaired) electrons. The Hall–Kier alpha value is -1.59. The summed E-state index contributed by atoms with van der Waals surface area (Å²) >= 11 is 0. The third-order valence-electron chi connectivity index (χ3n) is 3.39. The van der Waals surface area contributed by atoms with Crippen LogP contribution in [0.25, 0.3) is 0 Å². The summed E-state index contributed by atoms with van der Waals surface area (Å²) in [5.74, 6) is -0.317. The van der Waals surface area contributed by atoms with Crippen LogP contribution < -0.4 is 10.6 Å². The van der Waals surface area contributed by atoms with Crippen LogP contribution in [0.5, 0.6) is 0 Å². The van der Waals surface area contributed by atoms with E-state index < -0.39 is 11.6 Å². The Kier molecular flexibility index (Phi) is 3.98. The maximum Gasteiger partial charge on any atom is 0.325 e. The molecular weight excluding hydrogens is 234 g/mol. The number of urea groups is 1. The summed E-state index contributed by atoms with van der Waals surface area (Å²) < 4.78 is 0. The Labute approximate surface area is 107 Å². The molecule has 4 amide bonds. The molecule has 0 bridgehead atoms. The number of carbonyl (C=O) groups is 3. The van der Waals surface area contributed by atoms with E-state index in [-0.39, 0.29) is 24.4 Å². The number of nitrogens with one attached hydrogen (secondary N) is 2. The first-order chi connectivity index (χ1) is 8.16. The topological polar surface area (TPSA) is 78.5 Å². The molecule has 0 aromatic heterocycles. The number of carbonyl (C=O) groups excluding carboxylic acids is 3. The minimum atomic E-state index is -0.977. The Morgan fingerprint density at radius 1 is 1.33 bits per heavy atom. The molecule has 1 atom stereocenters. The number of hydrogen-bond acceptors (Lipinski definition) is 3. The fourth-order valence-electron chi connectivity index (χ4n) is 1.57. The lowest BCUT2D eigenvalue weighted by Gasteiger charge is -2.28. The quantitative estimate of drug-likeness (QED) is 0.717. The van der Waals surface area contributed by atoms with E-state index in [1.165, 1.54) is 4.90 Å². The summed E-state index contributed by atoms with van der Waals surface area (Å²) in [5, 5.41) is 5.01. The molecule has 1 aliphatic rings. The molecule has 0 saturated carbocycles. The second-order valence-corrected chi connectivity index (χ2v) is 5.50. The zero-order chi connectivity index (χ0) is 14.1. The molecule has 1 saturated heterocycles. The van der Waals surface area contributed by atoms with Crippen LogP contribution in [-0.4, -0.2) is 40.9 Å². The van der Waals surface area contributed by atoms with Crippen molar-refractivity contribution in [1.29, 1.82) is 0 Å². The molecule has 18 heavy (non-hydrogen) atoms. The van der Waals surface area contributed by atoms with Gasteiger partial charge in [-0.3, -0.25) is 14.9 Å². The molecule has 0 aliphatic carbocycles. The van der Waals surface area contributed by atoms with Gasteiger partial charge in [0, 0.05) is 6.04 Å². The summed E-state index contributed by atoms with van der Waals surface area (Å²) in [6.07, 6.45) is 0. The summed E-state index contributed by atoms with van der Waals surface area (Å²) in [7, 11) is 0. The first-order valence-electron chi connectivity index (χ1n) is 6.08. The highest BCUT2D eigenvalue weighted by Crippen LogP contribution is 2.20. The van der Waals surface area contributed by atoms with Gasteiger partial charge in [0.1, 0.15) is 12.1 Å². The summed E-state index contributed by atoms with van der Waals surface area (Å²) in [4.78, 5) is 36.2. The van der Waals surface area contributed by atoms with Gasteiger partial charge in [-0.15, -0.1) is 0 Å². The highest BCUT2D eigenvalue weighted by atomic mass is 16.2. The summed E-state index contributed by atoms with van der Waals surface area (Å²) in [6.45, 7) is 9.03. The van der Waals surface area contributed by atoms with Crippen LogP contribution in [0.15, 0.2) is 0 Å². The number of nitrogens with zero attached hydrogens (tertiary/aromatic N) is 1. The fraction of sp³-hybridized carbons (Fsp3) is 0.750. The molecule has 6 heteroatoms. The Morgan fingerprint density at radius 2 is 1.89 bits per heavy atom. The molecule has 102 valence electrons. The van der Waals surface area contributed by atoms with Crippen LogP contribution in [0, 0.1) is 5.92 Å². The molecular formula is C12H21N3O3. The molecule has 0 aromatic carbocycles. The van der Waals surface area contributed by atoms with Crippen LogP contribution in [-0.2, 0) is 9.59 Å². The number of hydrogen-bond donors (Lipinski definition) is 2. The van der Waals surface area contributed by atoms with E-state index in [0.717, 1.165) is 0 Å². The standard InChI is InChI=1S/C12H21N3O3/c1-7(2)8(3)13-9(16)6-15-11(18)14-10(17)12(15,4)5/h7-8H,6H2,1-5H3,(H,13,16)(H,14,17,18). The Morgan fingerprint density at radius 3 is 2.28 bits per heavy atom. The van der Waals surface area contributed by atoms with Gasteiger partial charge < -0.3 is 10.2 Å². The van der Waals surface area contributed by atoms with Crippen molar-refractivity contribution in [1.82, 2.24) is 15.5 Å². The van der Waals surface area contributed by atoms with Gasteiger partial charge >= 0.3 is 6.03 Å². The zero-order valence-corrected chi connectivity index (χ0v) is 11.5. The first-order valence-corrected chi connectivity index (χ1v) is 6.08. The van der Waals surface area contributed by atoms with Crippen LogP contribution in [0.3, 0.4) is 0 Å². The zero-order valence-electron chi connectivity index (χ0n) is 11.5. The highest BCUT2D eigenvalue weighted by molar-refractivity contribution is 6.07. The second kappa shape index (κ2) is 4.96. The van der Waals surface area contributed by atoms with E-state index in [9.17, 15) is 14.4 Å². The smallest absolute Gasteiger partial charge is 0.325 e. The van der Waals surface area contributed by atoms with Gasteiger partial charge in [-0.05, 0) is 26.7 Å². The fourth-order valence-corrected chi connectivity index (χ4v) is 1.57. The van der Waals surface area contributed by atoms with E-state index in [1.807, 2.05) is 20.8 Å². The molecule has 1 heterocycles. The van der Waals surface area contributed by atoms with Crippen molar-refractivity contribution in [3.8, 4) is 0 Å². The van der Waals surface area contributed by atoms with Crippen molar-refractivity contribution in [3.63, 3.8) is 0 Å². The van der Waals surface area contributed by atoms with Crippen molar-refractivity contribution < 1.29 is 14.4 Å². The van der Waals surface area contributed by atoms with Gasteiger partial charge in [-0.2, -0.15) is 0 Å². The second-order valence-electron chi connectivity index (χ2n) is 5.50. The van der Waals surface area contributed by atoms with E-state index in [1.54, 1.807) is 13.8 Å². The number of amides is 4. The molecule has 0 spiro atoms. The van der Waals surface area contributed by atoms with Gasteiger partial charge in [-0.25, -0.2) is 4.79 Å². The van der Waals surface area contributed by atoms with Gasteiger partial charge in [0.15, 0.2) is 0 Å². The Bertz CT molecular complexity index is 377. The van der Waals surface area contributed by atoms with Gasteiger partial charge in [0.25, 0.3) is 5.91 Å².